The Balaban J connectivity index is 1.75. The van der Waals surface area contributed by atoms with Crippen molar-refractivity contribution >= 4 is 30.9 Å². The van der Waals surface area contributed by atoms with Crippen LogP contribution in [-0.2, 0) is 23.4 Å². The number of aliphatic hydroxyl groups is 2. The SMILES string of the molecule is CC(C)OC(=O)[C@H](C)NP(=O)(OC[C@H]1O[C@@H](N2C=CC(=S)NC2O)C(C)(F)[C@H]1O)Oc1ccccc1. The van der Waals surface area contributed by atoms with Gasteiger partial charge in [-0.25, -0.2) is 8.96 Å². The topological polar surface area (TPSA) is 139 Å². The van der Waals surface area contributed by atoms with Gasteiger partial charge in [-0.15, -0.1) is 0 Å². The number of ether oxygens (including phenoxy) is 2. The molecule has 4 N–H and O–H groups in total. The average Bonchev–Trinajstić information content (AvgIpc) is 3.01. The first-order chi connectivity index (χ1) is 16.8. The summed E-state index contributed by atoms with van der Waals surface area (Å²) < 4.78 is 51.0. The van der Waals surface area contributed by atoms with Crippen molar-refractivity contribution in [3.05, 3.63) is 42.6 Å². The normalized spacial score (nSPS) is 30.6. The van der Waals surface area contributed by atoms with Crippen LogP contribution >= 0.6 is 20.0 Å². The zero-order valence-electron chi connectivity index (χ0n) is 20.2. The molecule has 0 radical (unpaired) electrons. The van der Waals surface area contributed by atoms with Crippen LogP contribution in [0.1, 0.15) is 27.7 Å². The number of nitrogens with one attached hydrogen (secondary N) is 2. The van der Waals surface area contributed by atoms with E-state index >= 15 is 4.39 Å². The van der Waals surface area contributed by atoms with Crippen molar-refractivity contribution in [2.24, 2.45) is 0 Å². The van der Waals surface area contributed by atoms with Crippen LogP contribution in [0.2, 0.25) is 0 Å². The number of halogens is 1. The maximum atomic E-state index is 15.5. The fourth-order valence-corrected chi connectivity index (χ4v) is 5.24. The largest absolute Gasteiger partial charge is 0.462 e. The van der Waals surface area contributed by atoms with Gasteiger partial charge in [0.15, 0.2) is 11.9 Å². The van der Waals surface area contributed by atoms with Crippen LogP contribution in [0, 0.1) is 0 Å². The third-order valence-corrected chi connectivity index (χ3v) is 7.27. The number of para-hydroxylation sites is 1. The van der Waals surface area contributed by atoms with Gasteiger partial charge >= 0.3 is 13.7 Å². The number of carbonyl (C=O) groups is 1. The monoisotopic (exact) mass is 547 g/mol. The molecule has 1 fully saturated rings. The van der Waals surface area contributed by atoms with Gasteiger partial charge in [0.2, 0.25) is 6.35 Å². The van der Waals surface area contributed by atoms with Crippen LogP contribution in [0.3, 0.4) is 0 Å². The Morgan fingerprint density at radius 3 is 2.61 bits per heavy atom. The molecular weight excluding hydrogens is 516 g/mol. The number of esters is 1. The number of hydrogen-bond donors (Lipinski definition) is 4. The number of hydrogen-bond acceptors (Lipinski definition) is 10. The summed E-state index contributed by atoms with van der Waals surface area (Å²) in [6.45, 7) is 5.30. The van der Waals surface area contributed by atoms with Gasteiger partial charge in [0.1, 0.15) is 29.0 Å². The van der Waals surface area contributed by atoms with E-state index in [1.165, 1.54) is 31.3 Å². The molecule has 0 saturated carbocycles. The molecule has 0 aliphatic carbocycles. The first-order valence-electron chi connectivity index (χ1n) is 11.3. The van der Waals surface area contributed by atoms with Crippen molar-refractivity contribution in [3.63, 3.8) is 0 Å². The third kappa shape index (κ3) is 6.80. The van der Waals surface area contributed by atoms with Gasteiger partial charge in [0, 0.05) is 6.20 Å². The molecule has 0 bridgehead atoms. The van der Waals surface area contributed by atoms with Gasteiger partial charge in [-0.1, -0.05) is 30.4 Å². The van der Waals surface area contributed by atoms with Crippen molar-refractivity contribution in [3.8, 4) is 5.75 Å². The zero-order chi connectivity index (χ0) is 26.7. The summed E-state index contributed by atoms with van der Waals surface area (Å²) in [7, 11) is -4.26. The predicted octanol–water partition coefficient (Wildman–Crippen LogP) is 1.96. The highest BCUT2D eigenvalue weighted by Gasteiger charge is 2.57. The number of nitrogens with zero attached hydrogens (tertiary/aromatic N) is 1. The van der Waals surface area contributed by atoms with Crippen LogP contribution < -0.4 is 14.9 Å². The van der Waals surface area contributed by atoms with Gasteiger partial charge in [0.05, 0.1) is 12.7 Å². The van der Waals surface area contributed by atoms with E-state index in [2.05, 4.69) is 10.4 Å². The molecule has 1 aromatic rings. The van der Waals surface area contributed by atoms with Crippen LogP contribution in [0.15, 0.2) is 42.6 Å². The second-order valence-electron chi connectivity index (χ2n) is 8.80. The summed E-state index contributed by atoms with van der Waals surface area (Å²) >= 11 is 4.95. The second-order valence-corrected chi connectivity index (χ2v) is 10.9. The summed E-state index contributed by atoms with van der Waals surface area (Å²) in [5.41, 5.74) is -2.36. The van der Waals surface area contributed by atoms with Gasteiger partial charge in [-0.3, -0.25) is 9.32 Å². The molecule has 7 atom stereocenters. The average molecular weight is 548 g/mol. The quantitative estimate of drug-likeness (QED) is 0.193. The molecule has 3 unspecified atom stereocenters. The van der Waals surface area contributed by atoms with Crippen LogP contribution in [0.25, 0.3) is 0 Å². The van der Waals surface area contributed by atoms with E-state index in [0.29, 0.717) is 0 Å². The smallest absolute Gasteiger partial charge is 0.459 e. The van der Waals surface area contributed by atoms with Gasteiger partial charge in [0.25, 0.3) is 0 Å². The maximum Gasteiger partial charge on any atom is 0.459 e. The van der Waals surface area contributed by atoms with Gasteiger partial charge in [-0.05, 0) is 45.9 Å². The minimum atomic E-state index is -4.26. The molecule has 1 saturated heterocycles. The van der Waals surface area contributed by atoms with E-state index < -0.39 is 62.9 Å². The lowest BCUT2D eigenvalue weighted by molar-refractivity contribution is -0.149. The Morgan fingerprint density at radius 2 is 2.00 bits per heavy atom. The van der Waals surface area contributed by atoms with Crippen LogP contribution in [0.4, 0.5) is 4.39 Å². The fourth-order valence-electron chi connectivity index (χ4n) is 3.57. The standard InChI is InChI=1S/C22H31FN3O8PS/c1-13(2)32-19(28)14(3)25-35(30,34-15-8-6-5-7-9-15)31-12-16-18(27)22(4,23)20(33-16)26-11-10-17(36)24-21(26)29/h5-11,13-14,16,18,20-21,27,29H,12H2,1-4H3,(H,24,36)(H,25,30)/t14-,16+,18-,20+,21?,22?,35?/m0/s1. The maximum absolute atomic E-state index is 15.5. The number of carbonyl (C=O) groups excluding carboxylic acids is 1. The van der Waals surface area contributed by atoms with Crippen LogP contribution in [0.5, 0.6) is 5.75 Å². The molecule has 0 amide bonds. The molecule has 1 aromatic carbocycles. The Kier molecular flexibility index (Phi) is 9.10. The van der Waals surface area contributed by atoms with Gasteiger partial charge < -0.3 is 34.4 Å². The minimum Gasteiger partial charge on any atom is -0.462 e. The molecule has 0 spiro atoms. The Bertz CT molecular complexity index is 1010. The van der Waals surface area contributed by atoms with Gasteiger partial charge in [-0.2, -0.15) is 5.09 Å². The Hall–Kier alpha value is -2.12. The van der Waals surface area contributed by atoms with Crippen molar-refractivity contribution in [1.29, 1.82) is 0 Å². The van der Waals surface area contributed by atoms with E-state index in [9.17, 15) is 19.6 Å². The lowest BCUT2D eigenvalue weighted by Crippen LogP contribution is -2.57. The van der Waals surface area contributed by atoms with Crippen molar-refractivity contribution in [1.82, 2.24) is 15.3 Å². The number of rotatable bonds is 10. The highest BCUT2D eigenvalue weighted by Crippen LogP contribution is 2.46. The fraction of sp³-hybridized carbons (Fsp3) is 0.545. The first kappa shape index (κ1) is 28.5. The minimum absolute atomic E-state index is 0.183. The number of thiocarbonyl (C=S) groups is 1. The third-order valence-electron chi connectivity index (χ3n) is 5.37. The predicted molar refractivity (Wildman–Crippen MR) is 131 cm³/mol. The van der Waals surface area contributed by atoms with Crippen molar-refractivity contribution in [2.45, 2.75) is 70.3 Å². The number of aliphatic hydroxyl groups excluding tert-OH is 2. The molecule has 200 valence electrons. The molecule has 11 nitrogen and oxygen atoms in total. The number of benzene rings is 1. The molecule has 2 aliphatic heterocycles. The second kappa shape index (κ2) is 11.5. The summed E-state index contributed by atoms with van der Waals surface area (Å²) in [4.78, 5) is 13.6. The summed E-state index contributed by atoms with van der Waals surface area (Å²) in [5, 5.41) is 25.9. The van der Waals surface area contributed by atoms with E-state index in [1.54, 1.807) is 32.0 Å². The van der Waals surface area contributed by atoms with Crippen molar-refractivity contribution in [2.75, 3.05) is 6.61 Å². The van der Waals surface area contributed by atoms with E-state index in [-0.39, 0.29) is 10.7 Å². The number of alkyl halides is 1. The molecule has 2 heterocycles. The molecule has 36 heavy (non-hydrogen) atoms. The van der Waals surface area contributed by atoms with Crippen LogP contribution in [-0.4, -0.2) is 75.3 Å². The molecule has 3 rings (SSSR count). The lowest BCUT2D eigenvalue weighted by Gasteiger charge is -2.38. The zero-order valence-corrected chi connectivity index (χ0v) is 21.9. The molecule has 0 aromatic heterocycles. The molecular formula is C22H31FN3O8PS. The van der Waals surface area contributed by atoms with E-state index in [4.69, 9.17) is 30.7 Å². The lowest BCUT2D eigenvalue weighted by atomic mass is 9.98. The van der Waals surface area contributed by atoms with E-state index in [0.717, 1.165) is 11.8 Å². The van der Waals surface area contributed by atoms with Crippen molar-refractivity contribution < 1.29 is 42.5 Å². The molecule has 14 heteroatoms. The first-order valence-corrected chi connectivity index (χ1v) is 13.2. The Labute approximate surface area is 214 Å². The highest BCUT2D eigenvalue weighted by atomic mass is 32.1. The summed E-state index contributed by atoms with van der Waals surface area (Å²) in [6, 6.07) is 7.01. The summed E-state index contributed by atoms with van der Waals surface area (Å²) in [6.07, 6.45) is -3.46. The van der Waals surface area contributed by atoms with E-state index in [1.807, 2.05) is 0 Å². The highest BCUT2D eigenvalue weighted by molar-refractivity contribution is 7.80. The Morgan fingerprint density at radius 1 is 1.33 bits per heavy atom. The molecule has 2 aliphatic rings. The summed E-state index contributed by atoms with van der Waals surface area (Å²) in [5.74, 6) is -0.502.